The van der Waals surface area contributed by atoms with Gasteiger partial charge in [-0.25, -0.2) is 9.37 Å². The molecule has 1 heterocycles. The number of anilines is 1. The molecule has 0 aliphatic heterocycles. The molecule has 0 radical (unpaired) electrons. The summed E-state index contributed by atoms with van der Waals surface area (Å²) < 4.78 is 13.2. The maximum Gasteiger partial charge on any atom is 0.165 e. The second-order valence-corrected chi connectivity index (χ2v) is 3.87. The van der Waals surface area contributed by atoms with Crippen LogP contribution < -0.4 is 5.32 Å². The molecule has 0 amide bonds. The second-order valence-electron chi connectivity index (χ2n) is 3.87. The van der Waals surface area contributed by atoms with Crippen LogP contribution in [0.2, 0.25) is 0 Å². The summed E-state index contributed by atoms with van der Waals surface area (Å²) in [6.07, 6.45) is 6.29. The van der Waals surface area contributed by atoms with Gasteiger partial charge in [-0.15, -0.1) is 0 Å². The van der Waals surface area contributed by atoms with Crippen molar-refractivity contribution in [3.8, 4) is 0 Å². The van der Waals surface area contributed by atoms with E-state index in [1.807, 2.05) is 0 Å². The highest BCUT2D eigenvalue weighted by molar-refractivity contribution is 5.36. The molecule has 0 aliphatic rings. The quantitative estimate of drug-likeness (QED) is 0.726. The second kappa shape index (κ2) is 6.38. The summed E-state index contributed by atoms with van der Waals surface area (Å²) in [5.41, 5.74) is 0. The van der Waals surface area contributed by atoms with Crippen LogP contribution >= 0.6 is 0 Å². The fourth-order valence-electron chi connectivity index (χ4n) is 1.50. The summed E-state index contributed by atoms with van der Waals surface area (Å²) in [4.78, 5) is 3.96. The minimum absolute atomic E-state index is 0.278. The zero-order valence-corrected chi connectivity index (χ0v) is 9.46. The molecule has 0 bridgehead atoms. The molecule has 0 aliphatic carbocycles. The molecular weight excluding hydrogens is 191 g/mol. The normalized spacial score (nSPS) is 12.5. The molecule has 1 unspecified atom stereocenters. The van der Waals surface area contributed by atoms with E-state index in [9.17, 15) is 4.39 Å². The van der Waals surface area contributed by atoms with Gasteiger partial charge in [-0.05, 0) is 25.5 Å². The molecule has 1 aromatic heterocycles. The van der Waals surface area contributed by atoms with Crippen LogP contribution in [-0.2, 0) is 0 Å². The van der Waals surface area contributed by atoms with E-state index in [-0.39, 0.29) is 11.9 Å². The fourth-order valence-corrected chi connectivity index (χ4v) is 1.50. The van der Waals surface area contributed by atoms with Gasteiger partial charge in [-0.1, -0.05) is 26.2 Å². The predicted molar refractivity (Wildman–Crippen MR) is 61.4 cm³/mol. The standard InChI is InChI=1S/C12H19FN2/c1-3-4-5-7-10(2)15-12-11(13)8-6-9-14-12/h6,8-10H,3-5,7H2,1-2H3,(H,14,15). The maximum atomic E-state index is 13.2. The van der Waals surface area contributed by atoms with Crippen LogP contribution in [0.5, 0.6) is 0 Å². The molecule has 84 valence electrons. The van der Waals surface area contributed by atoms with Crippen molar-refractivity contribution in [2.45, 2.75) is 45.6 Å². The van der Waals surface area contributed by atoms with E-state index >= 15 is 0 Å². The van der Waals surface area contributed by atoms with Gasteiger partial charge in [-0.2, -0.15) is 0 Å². The Morgan fingerprint density at radius 1 is 1.47 bits per heavy atom. The lowest BCUT2D eigenvalue weighted by Gasteiger charge is -2.14. The predicted octanol–water partition coefficient (Wildman–Crippen LogP) is 3.60. The first kappa shape index (κ1) is 12.0. The molecule has 3 heteroatoms. The molecule has 0 aromatic carbocycles. The molecule has 1 atom stereocenters. The number of nitrogens with one attached hydrogen (secondary N) is 1. The zero-order valence-electron chi connectivity index (χ0n) is 9.46. The average Bonchev–Trinajstić information content (AvgIpc) is 2.22. The van der Waals surface area contributed by atoms with Crippen LogP contribution in [0.4, 0.5) is 10.2 Å². The van der Waals surface area contributed by atoms with Gasteiger partial charge in [0.1, 0.15) is 0 Å². The van der Waals surface area contributed by atoms with E-state index < -0.39 is 0 Å². The molecule has 0 saturated carbocycles. The summed E-state index contributed by atoms with van der Waals surface area (Å²) in [6.45, 7) is 4.24. The number of pyridine rings is 1. The van der Waals surface area contributed by atoms with Gasteiger partial charge in [0.05, 0.1) is 0 Å². The third-order valence-electron chi connectivity index (χ3n) is 2.38. The highest BCUT2D eigenvalue weighted by atomic mass is 19.1. The number of aromatic nitrogens is 1. The number of hydrogen-bond donors (Lipinski definition) is 1. The number of unbranched alkanes of at least 4 members (excludes halogenated alkanes) is 2. The molecule has 2 nitrogen and oxygen atoms in total. The lowest BCUT2D eigenvalue weighted by molar-refractivity contribution is 0.595. The SMILES string of the molecule is CCCCCC(C)Nc1ncccc1F. The van der Waals surface area contributed by atoms with E-state index in [1.54, 1.807) is 12.3 Å². The molecular formula is C12H19FN2. The lowest BCUT2D eigenvalue weighted by Crippen LogP contribution is -2.16. The van der Waals surface area contributed by atoms with Gasteiger partial charge in [0.25, 0.3) is 0 Å². The molecule has 1 aromatic rings. The lowest BCUT2D eigenvalue weighted by atomic mass is 10.1. The Kier molecular flexibility index (Phi) is 5.08. The summed E-state index contributed by atoms with van der Waals surface area (Å²) >= 11 is 0. The number of hydrogen-bond acceptors (Lipinski definition) is 2. The topological polar surface area (TPSA) is 24.9 Å². The zero-order chi connectivity index (χ0) is 11.1. The molecule has 1 rings (SSSR count). The van der Waals surface area contributed by atoms with Gasteiger partial charge >= 0.3 is 0 Å². The van der Waals surface area contributed by atoms with E-state index in [1.165, 1.54) is 25.3 Å². The first-order valence-electron chi connectivity index (χ1n) is 5.61. The van der Waals surface area contributed by atoms with E-state index in [4.69, 9.17) is 0 Å². The van der Waals surface area contributed by atoms with Gasteiger partial charge in [0.2, 0.25) is 0 Å². The Morgan fingerprint density at radius 3 is 2.93 bits per heavy atom. The third-order valence-corrected chi connectivity index (χ3v) is 2.38. The first-order valence-corrected chi connectivity index (χ1v) is 5.61. The Bertz CT molecular complexity index is 289. The van der Waals surface area contributed by atoms with E-state index in [0.29, 0.717) is 5.82 Å². The summed E-state index contributed by atoms with van der Waals surface area (Å²) in [5, 5.41) is 3.08. The smallest absolute Gasteiger partial charge is 0.165 e. The van der Waals surface area contributed by atoms with Crippen LogP contribution in [0, 0.1) is 5.82 Å². The Hall–Kier alpha value is -1.12. The third kappa shape index (κ3) is 4.28. The van der Waals surface area contributed by atoms with Gasteiger partial charge < -0.3 is 5.32 Å². The van der Waals surface area contributed by atoms with Crippen molar-refractivity contribution in [3.63, 3.8) is 0 Å². The summed E-state index contributed by atoms with van der Waals surface area (Å²) in [7, 11) is 0. The van der Waals surface area contributed by atoms with Crippen LogP contribution in [0.25, 0.3) is 0 Å². The van der Waals surface area contributed by atoms with Crippen molar-refractivity contribution < 1.29 is 4.39 Å². The summed E-state index contributed by atoms with van der Waals surface area (Å²) in [5.74, 6) is 0.0846. The maximum absolute atomic E-state index is 13.2. The van der Waals surface area contributed by atoms with Crippen molar-refractivity contribution in [3.05, 3.63) is 24.1 Å². The van der Waals surface area contributed by atoms with Crippen molar-refractivity contribution >= 4 is 5.82 Å². The largest absolute Gasteiger partial charge is 0.365 e. The molecule has 0 saturated heterocycles. The molecule has 0 fully saturated rings. The highest BCUT2D eigenvalue weighted by Gasteiger charge is 2.06. The van der Waals surface area contributed by atoms with Crippen molar-refractivity contribution in [1.82, 2.24) is 4.98 Å². The van der Waals surface area contributed by atoms with Gasteiger partial charge in [-0.3, -0.25) is 0 Å². The van der Waals surface area contributed by atoms with Crippen LogP contribution in [0.15, 0.2) is 18.3 Å². The molecule has 15 heavy (non-hydrogen) atoms. The van der Waals surface area contributed by atoms with Gasteiger partial charge in [0.15, 0.2) is 11.6 Å². The highest BCUT2D eigenvalue weighted by Crippen LogP contribution is 2.12. The van der Waals surface area contributed by atoms with Crippen molar-refractivity contribution in [2.24, 2.45) is 0 Å². The van der Waals surface area contributed by atoms with Gasteiger partial charge in [0, 0.05) is 12.2 Å². The summed E-state index contributed by atoms with van der Waals surface area (Å²) in [6, 6.07) is 3.30. The number of rotatable bonds is 6. The van der Waals surface area contributed by atoms with Crippen LogP contribution in [0.1, 0.15) is 39.5 Å². The first-order chi connectivity index (χ1) is 7.24. The van der Waals surface area contributed by atoms with Crippen LogP contribution in [-0.4, -0.2) is 11.0 Å². The van der Waals surface area contributed by atoms with E-state index in [0.717, 1.165) is 6.42 Å². The average molecular weight is 210 g/mol. The van der Waals surface area contributed by atoms with Crippen molar-refractivity contribution in [2.75, 3.05) is 5.32 Å². The minimum Gasteiger partial charge on any atom is -0.365 e. The molecule has 1 N–H and O–H groups in total. The molecule has 0 spiro atoms. The Labute approximate surface area is 90.9 Å². The Morgan fingerprint density at radius 2 is 2.27 bits per heavy atom. The van der Waals surface area contributed by atoms with E-state index in [2.05, 4.69) is 24.1 Å². The minimum atomic E-state index is -0.278. The number of nitrogens with zero attached hydrogens (tertiary/aromatic N) is 1. The van der Waals surface area contributed by atoms with Crippen molar-refractivity contribution in [1.29, 1.82) is 0 Å². The fraction of sp³-hybridized carbons (Fsp3) is 0.583. The van der Waals surface area contributed by atoms with Crippen LogP contribution in [0.3, 0.4) is 0 Å². The Balaban J connectivity index is 2.37. The number of halogens is 1. The monoisotopic (exact) mass is 210 g/mol.